The maximum Gasteiger partial charge on any atom is 0.263 e. The highest BCUT2D eigenvalue weighted by atomic mass is 32.2. The fourth-order valence-electron chi connectivity index (χ4n) is 3.73. The highest BCUT2D eigenvalue weighted by molar-refractivity contribution is 7.92. The standard InChI is InChI=1S/C26H22N6O4S/c1-31-16-21(15-28-31)20-12-24(36-3)26-19(14-29-32(26)17-20)8-7-18-9-10-27-25(11-18)30-37(33,34)23-6-4-5-22(13-23)35-2/h4-6,9-17H,1-3H3,(H,27,30). The molecule has 10 nitrogen and oxygen atoms in total. The maximum atomic E-state index is 12.8. The van der Waals surface area contributed by atoms with E-state index in [-0.39, 0.29) is 10.7 Å². The van der Waals surface area contributed by atoms with Gasteiger partial charge < -0.3 is 9.47 Å². The number of benzene rings is 1. The van der Waals surface area contributed by atoms with Gasteiger partial charge in [-0.15, -0.1) is 0 Å². The van der Waals surface area contributed by atoms with Crippen LogP contribution in [0.15, 0.2) is 78.3 Å². The van der Waals surface area contributed by atoms with Crippen molar-refractivity contribution in [1.29, 1.82) is 0 Å². The summed E-state index contributed by atoms with van der Waals surface area (Å²) >= 11 is 0. The predicted octanol–water partition coefficient (Wildman–Crippen LogP) is 3.35. The number of pyridine rings is 2. The molecule has 0 bridgehead atoms. The van der Waals surface area contributed by atoms with Crippen molar-refractivity contribution in [1.82, 2.24) is 24.4 Å². The van der Waals surface area contributed by atoms with Crippen molar-refractivity contribution in [2.24, 2.45) is 7.05 Å². The minimum absolute atomic E-state index is 0.0641. The average molecular weight is 515 g/mol. The van der Waals surface area contributed by atoms with Crippen LogP contribution in [0, 0.1) is 11.8 Å². The van der Waals surface area contributed by atoms with Crippen LogP contribution in [0.5, 0.6) is 11.5 Å². The zero-order valence-corrected chi connectivity index (χ0v) is 21.0. The van der Waals surface area contributed by atoms with Gasteiger partial charge in [0.2, 0.25) is 0 Å². The molecule has 1 aromatic carbocycles. The molecule has 4 aromatic heterocycles. The van der Waals surface area contributed by atoms with Gasteiger partial charge >= 0.3 is 0 Å². The summed E-state index contributed by atoms with van der Waals surface area (Å²) in [5.74, 6) is 7.36. The molecule has 186 valence electrons. The molecule has 0 saturated carbocycles. The van der Waals surface area contributed by atoms with E-state index in [1.54, 1.807) is 53.0 Å². The van der Waals surface area contributed by atoms with E-state index in [0.29, 0.717) is 22.6 Å². The number of nitrogens with one attached hydrogen (secondary N) is 1. The summed E-state index contributed by atoms with van der Waals surface area (Å²) in [5, 5.41) is 8.66. The molecule has 0 amide bonds. The van der Waals surface area contributed by atoms with Crippen LogP contribution >= 0.6 is 0 Å². The molecule has 0 spiro atoms. The van der Waals surface area contributed by atoms with E-state index in [1.165, 1.54) is 25.4 Å². The number of hydrogen-bond donors (Lipinski definition) is 1. The Bertz CT molecular complexity index is 1780. The Hall–Kier alpha value is -4.82. The molecule has 0 radical (unpaired) electrons. The second-order valence-corrected chi connectivity index (χ2v) is 9.70. The van der Waals surface area contributed by atoms with Gasteiger partial charge in [-0.25, -0.2) is 17.9 Å². The lowest BCUT2D eigenvalue weighted by Crippen LogP contribution is -2.14. The summed E-state index contributed by atoms with van der Waals surface area (Å²) < 4.78 is 42.3. The minimum atomic E-state index is -3.86. The lowest BCUT2D eigenvalue weighted by Gasteiger charge is -2.08. The summed E-state index contributed by atoms with van der Waals surface area (Å²) in [7, 11) is 1.06. The highest BCUT2D eigenvalue weighted by Gasteiger charge is 2.16. The number of fused-ring (bicyclic) bond motifs is 1. The first kappa shape index (κ1) is 23.9. The lowest BCUT2D eigenvalue weighted by molar-refractivity contribution is 0.413. The number of aryl methyl sites for hydroxylation is 1. The fourth-order valence-corrected chi connectivity index (χ4v) is 4.76. The van der Waals surface area contributed by atoms with Crippen LogP contribution < -0.4 is 14.2 Å². The summed E-state index contributed by atoms with van der Waals surface area (Å²) in [6.45, 7) is 0. The van der Waals surface area contributed by atoms with E-state index < -0.39 is 10.0 Å². The van der Waals surface area contributed by atoms with Gasteiger partial charge in [-0.2, -0.15) is 10.2 Å². The monoisotopic (exact) mass is 514 g/mol. The van der Waals surface area contributed by atoms with Gasteiger partial charge in [0.1, 0.15) is 22.8 Å². The Kier molecular flexibility index (Phi) is 6.25. The molecule has 0 unspecified atom stereocenters. The molecular formula is C26H22N6O4S. The van der Waals surface area contributed by atoms with Crippen LogP contribution in [-0.4, -0.2) is 47.0 Å². The third-order valence-corrected chi connectivity index (χ3v) is 6.88. The molecule has 0 atom stereocenters. The first-order valence-electron chi connectivity index (χ1n) is 11.1. The van der Waals surface area contributed by atoms with Crippen molar-refractivity contribution in [2.45, 2.75) is 4.90 Å². The fraction of sp³-hybridized carbons (Fsp3) is 0.115. The van der Waals surface area contributed by atoms with Crippen molar-refractivity contribution in [3.63, 3.8) is 0 Å². The van der Waals surface area contributed by atoms with Crippen molar-refractivity contribution < 1.29 is 17.9 Å². The second-order valence-electron chi connectivity index (χ2n) is 8.02. The number of aromatic nitrogens is 5. The smallest absolute Gasteiger partial charge is 0.263 e. The van der Waals surface area contributed by atoms with Crippen LogP contribution in [0.1, 0.15) is 11.1 Å². The number of sulfonamides is 1. The first-order chi connectivity index (χ1) is 17.9. The zero-order chi connectivity index (χ0) is 26.0. The van der Waals surface area contributed by atoms with Crippen molar-refractivity contribution in [2.75, 3.05) is 18.9 Å². The molecule has 1 N–H and O–H groups in total. The normalized spacial score (nSPS) is 11.1. The largest absolute Gasteiger partial charge is 0.497 e. The van der Waals surface area contributed by atoms with Gasteiger partial charge in [-0.3, -0.25) is 9.40 Å². The van der Waals surface area contributed by atoms with E-state index >= 15 is 0 Å². The van der Waals surface area contributed by atoms with Crippen molar-refractivity contribution >= 4 is 21.4 Å². The van der Waals surface area contributed by atoms with Gasteiger partial charge in [-0.1, -0.05) is 17.9 Å². The number of ether oxygens (including phenoxy) is 2. The Labute approximate surface area is 213 Å². The third-order valence-electron chi connectivity index (χ3n) is 5.53. The van der Waals surface area contributed by atoms with E-state index in [9.17, 15) is 8.42 Å². The lowest BCUT2D eigenvalue weighted by atomic mass is 10.1. The van der Waals surface area contributed by atoms with Gasteiger partial charge in [0.15, 0.2) is 0 Å². The van der Waals surface area contributed by atoms with E-state index in [0.717, 1.165) is 16.6 Å². The minimum Gasteiger partial charge on any atom is -0.497 e. The quantitative estimate of drug-likeness (QED) is 0.346. The van der Waals surface area contributed by atoms with E-state index in [2.05, 4.69) is 31.7 Å². The molecule has 0 aliphatic carbocycles. The molecule has 37 heavy (non-hydrogen) atoms. The molecule has 4 heterocycles. The summed E-state index contributed by atoms with van der Waals surface area (Å²) in [4.78, 5) is 4.19. The Morgan fingerprint density at radius 3 is 2.57 bits per heavy atom. The maximum absolute atomic E-state index is 12.8. The third kappa shape index (κ3) is 4.96. The molecule has 0 aliphatic rings. The number of methoxy groups -OCH3 is 2. The van der Waals surface area contributed by atoms with Gasteiger partial charge in [0, 0.05) is 48.4 Å². The number of hydrogen-bond acceptors (Lipinski definition) is 7. The van der Waals surface area contributed by atoms with E-state index in [4.69, 9.17) is 9.47 Å². The molecular weight excluding hydrogens is 492 g/mol. The van der Waals surface area contributed by atoms with Crippen LogP contribution in [0.2, 0.25) is 0 Å². The van der Waals surface area contributed by atoms with Crippen molar-refractivity contribution in [3.8, 4) is 34.5 Å². The van der Waals surface area contributed by atoms with Gasteiger partial charge in [0.05, 0.1) is 37.1 Å². The van der Waals surface area contributed by atoms with E-state index in [1.807, 2.05) is 25.5 Å². The molecule has 5 rings (SSSR count). The number of anilines is 1. The van der Waals surface area contributed by atoms with Crippen LogP contribution in [0.25, 0.3) is 16.6 Å². The summed E-state index contributed by atoms with van der Waals surface area (Å²) in [5.41, 5.74) is 3.79. The Morgan fingerprint density at radius 2 is 1.81 bits per heavy atom. The summed E-state index contributed by atoms with van der Waals surface area (Å²) in [6.07, 6.45) is 8.72. The first-order valence-corrected chi connectivity index (χ1v) is 12.5. The predicted molar refractivity (Wildman–Crippen MR) is 138 cm³/mol. The van der Waals surface area contributed by atoms with Gasteiger partial charge in [-0.05, 0) is 30.3 Å². The summed E-state index contributed by atoms with van der Waals surface area (Å²) in [6, 6.07) is 11.4. The molecule has 0 aliphatic heterocycles. The Balaban J connectivity index is 1.44. The molecule has 5 aromatic rings. The molecule has 0 fully saturated rings. The highest BCUT2D eigenvalue weighted by Crippen LogP contribution is 2.29. The zero-order valence-electron chi connectivity index (χ0n) is 20.2. The topological polar surface area (TPSA) is 113 Å². The van der Waals surface area contributed by atoms with Crippen molar-refractivity contribution in [3.05, 3.63) is 84.6 Å². The SMILES string of the molecule is COc1cccc(S(=O)(=O)Nc2cc(C#Cc3cnn4cc(-c5cnn(C)c5)cc(OC)c34)ccn2)c1. The van der Waals surface area contributed by atoms with Crippen LogP contribution in [0.4, 0.5) is 5.82 Å². The average Bonchev–Trinajstić information content (AvgIpc) is 3.53. The van der Waals surface area contributed by atoms with Gasteiger partial charge in [0.25, 0.3) is 10.0 Å². The second kappa shape index (κ2) is 9.67. The van der Waals surface area contributed by atoms with Crippen LogP contribution in [0.3, 0.4) is 0 Å². The van der Waals surface area contributed by atoms with Crippen LogP contribution in [-0.2, 0) is 17.1 Å². The Morgan fingerprint density at radius 1 is 0.946 bits per heavy atom. The number of rotatable bonds is 6. The molecule has 11 heteroatoms. The molecule has 0 saturated heterocycles. The number of nitrogens with zero attached hydrogens (tertiary/aromatic N) is 5.